The van der Waals surface area contributed by atoms with Crippen LogP contribution in [0.15, 0.2) is 0 Å². The maximum Gasteiger partial charge on any atom is 0.181 e. The van der Waals surface area contributed by atoms with Gasteiger partial charge < -0.3 is 0 Å². The Bertz CT molecular complexity index is 369. The molecule has 0 spiro atoms. The van der Waals surface area contributed by atoms with Gasteiger partial charge in [-0.05, 0) is 11.5 Å². The third kappa shape index (κ3) is 2.62. The minimum absolute atomic E-state index is 0.122. The van der Waals surface area contributed by atoms with Gasteiger partial charge in [-0.2, -0.15) is 0 Å². The van der Waals surface area contributed by atoms with Gasteiger partial charge in [-0.15, -0.1) is 5.10 Å². The zero-order valence-electron chi connectivity index (χ0n) is 10.2. The highest BCUT2D eigenvalue weighted by Gasteiger charge is 2.32. The highest BCUT2D eigenvalue weighted by atomic mass is 32.1. The Morgan fingerprint density at radius 3 is 2.07 bits per heavy atom. The number of carbonyl (C=O) groups is 1. The van der Waals surface area contributed by atoms with E-state index in [1.807, 2.05) is 41.5 Å². The van der Waals surface area contributed by atoms with E-state index >= 15 is 0 Å². The Morgan fingerprint density at radius 1 is 1.13 bits per heavy atom. The van der Waals surface area contributed by atoms with Gasteiger partial charge in [0.15, 0.2) is 5.78 Å². The van der Waals surface area contributed by atoms with Crippen LogP contribution in [0.5, 0.6) is 0 Å². The van der Waals surface area contributed by atoms with Gasteiger partial charge in [-0.25, -0.2) is 0 Å². The van der Waals surface area contributed by atoms with Crippen molar-refractivity contribution in [3.8, 4) is 0 Å². The molecule has 0 fully saturated rings. The van der Waals surface area contributed by atoms with Crippen molar-refractivity contribution in [3.63, 3.8) is 0 Å². The van der Waals surface area contributed by atoms with E-state index in [4.69, 9.17) is 0 Å². The molecule has 0 radical (unpaired) electrons. The lowest BCUT2D eigenvalue weighted by molar-refractivity contribution is 0.0860. The molecule has 84 valence electrons. The van der Waals surface area contributed by atoms with Gasteiger partial charge in [0.05, 0.1) is 5.69 Å². The second kappa shape index (κ2) is 3.67. The first-order chi connectivity index (χ1) is 6.64. The third-order valence-electron chi connectivity index (χ3n) is 2.09. The summed E-state index contributed by atoms with van der Waals surface area (Å²) < 4.78 is 3.89. The van der Waals surface area contributed by atoms with Crippen LogP contribution in [-0.4, -0.2) is 15.4 Å². The van der Waals surface area contributed by atoms with Crippen LogP contribution in [0.25, 0.3) is 0 Å². The lowest BCUT2D eigenvalue weighted by atomic mass is 9.84. The van der Waals surface area contributed by atoms with Crippen LogP contribution in [0.2, 0.25) is 0 Å². The summed E-state index contributed by atoms with van der Waals surface area (Å²) in [5, 5.41) is 4.07. The topological polar surface area (TPSA) is 42.9 Å². The van der Waals surface area contributed by atoms with Crippen LogP contribution >= 0.6 is 11.5 Å². The van der Waals surface area contributed by atoms with Crippen molar-refractivity contribution < 1.29 is 4.79 Å². The summed E-state index contributed by atoms with van der Waals surface area (Å²) in [6.45, 7) is 11.9. The average Bonchev–Trinajstić information content (AvgIpc) is 2.47. The number of nitrogens with zero attached hydrogens (tertiary/aromatic N) is 2. The maximum absolute atomic E-state index is 12.1. The van der Waals surface area contributed by atoms with Crippen molar-refractivity contribution >= 4 is 17.3 Å². The molecule has 3 nitrogen and oxygen atoms in total. The Balaban J connectivity index is 3.18. The zero-order valence-corrected chi connectivity index (χ0v) is 11.0. The number of Topliss-reactive ketones (excluding diaryl/α,β-unsaturated/α-hetero) is 1. The van der Waals surface area contributed by atoms with Crippen molar-refractivity contribution in [2.45, 2.75) is 47.0 Å². The van der Waals surface area contributed by atoms with E-state index in [0.717, 1.165) is 5.69 Å². The molecule has 15 heavy (non-hydrogen) atoms. The van der Waals surface area contributed by atoms with Gasteiger partial charge in [0.2, 0.25) is 0 Å². The fourth-order valence-electron chi connectivity index (χ4n) is 1.17. The van der Waals surface area contributed by atoms with Crippen LogP contribution in [0.4, 0.5) is 0 Å². The SMILES string of the molecule is CC(C)(C)C(=O)c1snnc1C(C)(C)C. The molecule has 0 aliphatic rings. The average molecular weight is 226 g/mol. The van der Waals surface area contributed by atoms with E-state index in [0.29, 0.717) is 4.88 Å². The van der Waals surface area contributed by atoms with Crippen molar-refractivity contribution in [1.29, 1.82) is 0 Å². The fourth-order valence-corrected chi connectivity index (χ4v) is 2.20. The minimum Gasteiger partial charge on any atom is -0.293 e. The molecule has 0 amide bonds. The highest BCUT2D eigenvalue weighted by Crippen LogP contribution is 2.30. The van der Waals surface area contributed by atoms with E-state index < -0.39 is 0 Å². The molecule has 0 atom stereocenters. The monoisotopic (exact) mass is 226 g/mol. The summed E-state index contributed by atoms with van der Waals surface area (Å²) in [5.41, 5.74) is 0.324. The Morgan fingerprint density at radius 2 is 1.67 bits per heavy atom. The number of aromatic nitrogens is 2. The number of carbonyl (C=O) groups excluding carboxylic acids is 1. The van der Waals surface area contributed by atoms with E-state index in [1.165, 1.54) is 11.5 Å². The van der Waals surface area contributed by atoms with Crippen LogP contribution in [-0.2, 0) is 5.41 Å². The molecule has 0 bridgehead atoms. The summed E-state index contributed by atoms with van der Waals surface area (Å²) in [7, 11) is 0. The van der Waals surface area contributed by atoms with Gasteiger partial charge in [0, 0.05) is 10.8 Å². The first-order valence-electron chi connectivity index (χ1n) is 5.01. The molecule has 0 unspecified atom stereocenters. The van der Waals surface area contributed by atoms with Gasteiger partial charge >= 0.3 is 0 Å². The molecule has 0 aromatic carbocycles. The quantitative estimate of drug-likeness (QED) is 0.691. The summed E-state index contributed by atoms with van der Waals surface area (Å²) in [5.74, 6) is 0.127. The fraction of sp³-hybridized carbons (Fsp3) is 0.727. The van der Waals surface area contributed by atoms with Crippen molar-refractivity contribution in [3.05, 3.63) is 10.6 Å². The number of ketones is 1. The molecule has 0 N–H and O–H groups in total. The van der Waals surface area contributed by atoms with E-state index in [2.05, 4.69) is 9.59 Å². The van der Waals surface area contributed by atoms with Crippen LogP contribution in [0, 0.1) is 5.41 Å². The van der Waals surface area contributed by atoms with Crippen molar-refractivity contribution in [2.75, 3.05) is 0 Å². The molecule has 4 heteroatoms. The van der Waals surface area contributed by atoms with Gasteiger partial charge in [0.1, 0.15) is 4.88 Å². The molecule has 0 aliphatic heterocycles. The summed E-state index contributed by atoms with van der Waals surface area (Å²) in [6, 6.07) is 0. The van der Waals surface area contributed by atoms with Gasteiger partial charge in [0.25, 0.3) is 0 Å². The largest absolute Gasteiger partial charge is 0.293 e. The summed E-state index contributed by atoms with van der Waals surface area (Å²) in [4.78, 5) is 12.8. The number of rotatable bonds is 1. The summed E-state index contributed by atoms with van der Waals surface area (Å²) in [6.07, 6.45) is 0. The lowest BCUT2D eigenvalue weighted by Gasteiger charge is -2.20. The third-order valence-corrected chi connectivity index (χ3v) is 2.81. The molecule has 1 aromatic heterocycles. The number of hydrogen-bond donors (Lipinski definition) is 0. The normalized spacial score (nSPS) is 12.9. The number of hydrogen-bond acceptors (Lipinski definition) is 4. The zero-order chi connectivity index (χ0) is 11.9. The van der Waals surface area contributed by atoms with Gasteiger partial charge in [-0.1, -0.05) is 46.0 Å². The molecule has 0 aliphatic carbocycles. The molecular weight excluding hydrogens is 208 g/mol. The predicted octanol–water partition coefficient (Wildman–Crippen LogP) is 3.06. The molecule has 1 rings (SSSR count). The molecule has 1 aromatic rings. The van der Waals surface area contributed by atoms with Gasteiger partial charge in [-0.3, -0.25) is 4.79 Å². The van der Waals surface area contributed by atoms with Crippen LogP contribution in [0.3, 0.4) is 0 Å². The Kier molecular flexibility index (Phi) is 3.01. The Hall–Kier alpha value is -0.770. The van der Waals surface area contributed by atoms with Crippen LogP contribution in [0.1, 0.15) is 56.9 Å². The molecule has 0 saturated heterocycles. The van der Waals surface area contributed by atoms with E-state index in [-0.39, 0.29) is 16.6 Å². The highest BCUT2D eigenvalue weighted by molar-refractivity contribution is 7.08. The second-order valence-corrected chi connectivity index (χ2v) is 6.53. The van der Waals surface area contributed by atoms with E-state index in [9.17, 15) is 4.79 Å². The smallest absolute Gasteiger partial charge is 0.181 e. The molecular formula is C11H18N2OS. The standard InChI is InChI=1S/C11H18N2OS/c1-10(2,3)8-7(15-13-12-8)9(14)11(4,5)6/h1-6H3. The van der Waals surface area contributed by atoms with Crippen LogP contribution < -0.4 is 0 Å². The Labute approximate surface area is 95.1 Å². The van der Waals surface area contributed by atoms with E-state index in [1.54, 1.807) is 0 Å². The first kappa shape index (κ1) is 12.3. The van der Waals surface area contributed by atoms with Crippen molar-refractivity contribution in [2.24, 2.45) is 5.41 Å². The van der Waals surface area contributed by atoms with Crippen molar-refractivity contribution in [1.82, 2.24) is 9.59 Å². The maximum atomic E-state index is 12.1. The minimum atomic E-state index is -0.367. The second-order valence-electron chi connectivity index (χ2n) is 5.78. The molecule has 1 heterocycles. The molecule has 0 saturated carbocycles. The lowest BCUT2D eigenvalue weighted by Crippen LogP contribution is -2.24. The first-order valence-corrected chi connectivity index (χ1v) is 5.79. The predicted molar refractivity (Wildman–Crippen MR) is 62.4 cm³/mol. The summed E-state index contributed by atoms with van der Waals surface area (Å²) >= 11 is 1.20.